The van der Waals surface area contributed by atoms with E-state index in [1.165, 1.54) is 0 Å². The van der Waals surface area contributed by atoms with E-state index in [9.17, 15) is 18.0 Å². The Morgan fingerprint density at radius 3 is 1.33 bits per heavy atom. The van der Waals surface area contributed by atoms with Gasteiger partial charge >= 0.3 is 22.6 Å². The Balaban J connectivity index is 4.46. The summed E-state index contributed by atoms with van der Waals surface area (Å²) in [7, 11) is -4.85. The summed E-state index contributed by atoms with van der Waals surface area (Å²) in [5.41, 5.74) is 0. The van der Waals surface area contributed by atoms with Gasteiger partial charge in [-0.25, -0.2) is 9.59 Å². The van der Waals surface area contributed by atoms with Crippen molar-refractivity contribution < 1.29 is 26.4 Å². The zero-order valence-corrected chi connectivity index (χ0v) is 10.9. The molecule has 0 saturated carbocycles. The molecule has 0 aliphatic rings. The number of thiol groups is 4. The number of carbonyl (C=O) groups excluding carboxylic acids is 2. The molecule has 0 aromatic heterocycles. The molecule has 0 fully saturated rings. The fourth-order valence-electron chi connectivity index (χ4n) is 0.258. The molecule has 8 nitrogen and oxygen atoms in total. The number of carbonyl (C=O) groups is 2. The molecule has 0 saturated heterocycles. The first-order valence-corrected chi connectivity index (χ1v) is 5.66. The Labute approximate surface area is 107 Å². The van der Waals surface area contributed by atoms with E-state index in [1.54, 1.807) is 0 Å². The number of nitrogens with zero attached hydrogens (tertiary/aromatic N) is 2. The molecule has 2 amide bonds. The molecule has 0 unspecified atom stereocenters. The maximum Gasteiger partial charge on any atom is 0.508 e. The average molecular weight is 312 g/mol. The molecule has 15 heavy (non-hydrogen) atoms. The molecule has 13 heteroatoms. The smallest absolute Gasteiger partial charge is 0.296 e. The normalized spacial score (nSPS) is 10.4. The van der Waals surface area contributed by atoms with Crippen LogP contribution in [0, 0.1) is 0 Å². The molecule has 0 aliphatic carbocycles. The highest BCUT2D eigenvalue weighted by atomic mass is 32.3. The minimum Gasteiger partial charge on any atom is -0.296 e. The third kappa shape index (κ3) is 6.14. The molecular formula is C2H4N2O6S5. The van der Waals surface area contributed by atoms with Gasteiger partial charge in [0.25, 0.3) is 0 Å². The van der Waals surface area contributed by atoms with E-state index in [0.717, 1.165) is 0 Å². The van der Waals surface area contributed by atoms with Crippen molar-refractivity contribution in [1.82, 2.24) is 7.42 Å². The van der Waals surface area contributed by atoms with Gasteiger partial charge in [0.2, 0.25) is 0 Å². The van der Waals surface area contributed by atoms with E-state index in [0.29, 0.717) is 0 Å². The lowest BCUT2D eigenvalue weighted by atomic mass is 11.3. The molecule has 0 N–H and O–H groups in total. The topological polar surface area (TPSA) is 93.2 Å². The zero-order valence-electron chi connectivity index (χ0n) is 6.54. The molecule has 0 rings (SSSR count). The quantitative estimate of drug-likeness (QED) is 0.555. The Morgan fingerprint density at radius 1 is 0.867 bits per heavy atom. The molecule has 0 bridgehead atoms. The predicted molar refractivity (Wildman–Crippen MR) is 61.5 cm³/mol. The lowest BCUT2D eigenvalue weighted by Crippen LogP contribution is -2.25. The second-order valence-corrected chi connectivity index (χ2v) is 5.07. The second kappa shape index (κ2) is 5.83. The molecule has 0 heterocycles. The van der Waals surface area contributed by atoms with Crippen molar-refractivity contribution in [1.29, 1.82) is 0 Å². The Hall–Kier alpha value is -0.110. The van der Waals surface area contributed by atoms with Crippen LogP contribution in [0.1, 0.15) is 0 Å². The molecule has 0 aromatic carbocycles. The monoisotopic (exact) mass is 312 g/mol. The van der Waals surface area contributed by atoms with Crippen LogP contribution in [0.5, 0.6) is 0 Å². The Kier molecular flexibility index (Phi) is 5.79. The minimum atomic E-state index is -4.85. The summed E-state index contributed by atoms with van der Waals surface area (Å²) in [5.74, 6) is 0. The highest BCUT2D eigenvalue weighted by Gasteiger charge is 2.26. The van der Waals surface area contributed by atoms with Crippen LogP contribution < -0.4 is 0 Å². The SMILES string of the molecule is O=C(OS(=O)(=O)OC(=O)N(S)S)N(S)S. The Morgan fingerprint density at radius 2 is 1.13 bits per heavy atom. The molecule has 0 aliphatic heterocycles. The van der Waals surface area contributed by atoms with E-state index in [2.05, 4.69) is 59.6 Å². The summed E-state index contributed by atoms with van der Waals surface area (Å²) in [6.45, 7) is 0. The van der Waals surface area contributed by atoms with Crippen molar-refractivity contribution in [2.45, 2.75) is 0 Å². The van der Waals surface area contributed by atoms with Crippen molar-refractivity contribution in [2.75, 3.05) is 0 Å². The average Bonchev–Trinajstić information content (AvgIpc) is 2.01. The molecule has 88 valence electrons. The van der Waals surface area contributed by atoms with Gasteiger partial charge in [-0.3, -0.25) is 8.37 Å². The summed E-state index contributed by atoms with van der Waals surface area (Å²) < 4.78 is 29.4. The van der Waals surface area contributed by atoms with Crippen LogP contribution in [0.25, 0.3) is 0 Å². The van der Waals surface area contributed by atoms with Crippen molar-refractivity contribution in [2.24, 2.45) is 0 Å². The van der Waals surface area contributed by atoms with Crippen molar-refractivity contribution in [3.63, 3.8) is 0 Å². The first-order chi connectivity index (χ1) is 6.65. The number of amides is 2. The maximum absolute atomic E-state index is 10.8. The van der Waals surface area contributed by atoms with Gasteiger partial charge in [-0.2, -0.15) is 7.42 Å². The van der Waals surface area contributed by atoms with Crippen LogP contribution >= 0.6 is 51.3 Å². The summed E-state index contributed by atoms with van der Waals surface area (Å²) in [6.07, 6.45) is -2.95. The van der Waals surface area contributed by atoms with Crippen molar-refractivity contribution in [3.05, 3.63) is 0 Å². The van der Waals surface area contributed by atoms with E-state index in [-0.39, 0.29) is 7.42 Å². The fourth-order valence-corrected chi connectivity index (χ4v) is 1.17. The van der Waals surface area contributed by atoms with E-state index < -0.39 is 22.6 Å². The van der Waals surface area contributed by atoms with Gasteiger partial charge < -0.3 is 0 Å². The van der Waals surface area contributed by atoms with Crippen molar-refractivity contribution in [3.8, 4) is 0 Å². The third-order valence-corrected chi connectivity index (χ3v) is 2.02. The van der Waals surface area contributed by atoms with Crippen LogP contribution in [-0.4, -0.2) is 28.0 Å². The second-order valence-electron chi connectivity index (χ2n) is 1.69. The minimum absolute atomic E-state index is 0.227. The molecule has 0 aromatic rings. The summed E-state index contributed by atoms with van der Waals surface area (Å²) in [5, 5.41) is 0. The lowest BCUT2D eigenvalue weighted by Gasteiger charge is -2.09. The van der Waals surface area contributed by atoms with Gasteiger partial charge in [0.05, 0.1) is 0 Å². The van der Waals surface area contributed by atoms with E-state index in [4.69, 9.17) is 0 Å². The summed E-state index contributed by atoms with van der Waals surface area (Å²) >= 11 is 13.3. The maximum atomic E-state index is 10.8. The largest absolute Gasteiger partial charge is 0.508 e. The molecule has 0 spiro atoms. The van der Waals surface area contributed by atoms with E-state index >= 15 is 0 Å². The standard InChI is InChI=1S/C2H4N2O6S5/c5-1(3(11)12)9-15(7,8)10-2(6)4(13)14/h11-14H. The third-order valence-electron chi connectivity index (χ3n) is 0.673. The van der Waals surface area contributed by atoms with E-state index in [1.807, 2.05) is 0 Å². The molecular weight excluding hydrogens is 308 g/mol. The van der Waals surface area contributed by atoms with Crippen LogP contribution in [0.3, 0.4) is 0 Å². The summed E-state index contributed by atoms with van der Waals surface area (Å²) in [4.78, 5) is 21.3. The number of hydrogen-bond acceptors (Lipinski definition) is 10. The van der Waals surface area contributed by atoms with Gasteiger partial charge in [0, 0.05) is 0 Å². The van der Waals surface area contributed by atoms with Crippen molar-refractivity contribution >= 4 is 73.8 Å². The fraction of sp³-hybridized carbons (Fsp3) is 0. The van der Waals surface area contributed by atoms with Gasteiger partial charge in [-0.15, -0.1) is 8.42 Å². The highest BCUT2D eigenvalue weighted by molar-refractivity contribution is 7.95. The van der Waals surface area contributed by atoms with Gasteiger partial charge in [-0.1, -0.05) is 0 Å². The highest BCUT2D eigenvalue weighted by Crippen LogP contribution is 2.09. The zero-order chi connectivity index (χ0) is 12.2. The molecule has 0 atom stereocenters. The predicted octanol–water partition coefficient (Wildman–Crippen LogP) is 0.488. The van der Waals surface area contributed by atoms with Crippen LogP contribution in [-0.2, 0) is 18.8 Å². The van der Waals surface area contributed by atoms with Gasteiger partial charge in [0.15, 0.2) is 0 Å². The number of rotatable bonds is 2. The van der Waals surface area contributed by atoms with Crippen LogP contribution in [0.2, 0.25) is 0 Å². The van der Waals surface area contributed by atoms with Crippen LogP contribution in [0.4, 0.5) is 9.59 Å². The first-order valence-electron chi connectivity index (χ1n) is 2.73. The molecule has 0 radical (unpaired) electrons. The lowest BCUT2D eigenvalue weighted by molar-refractivity contribution is 0.175. The van der Waals surface area contributed by atoms with Crippen LogP contribution in [0.15, 0.2) is 0 Å². The van der Waals surface area contributed by atoms with Gasteiger partial charge in [0.1, 0.15) is 0 Å². The number of hydrogen-bond donors (Lipinski definition) is 4. The first kappa shape index (κ1) is 14.9. The van der Waals surface area contributed by atoms with Gasteiger partial charge in [-0.05, 0) is 51.3 Å². The summed E-state index contributed by atoms with van der Waals surface area (Å²) in [6, 6.07) is 0. The Bertz CT molecular complexity index is 321.